The van der Waals surface area contributed by atoms with E-state index in [2.05, 4.69) is 16.3 Å². The van der Waals surface area contributed by atoms with Crippen LogP contribution in [-0.4, -0.2) is 27.1 Å². The van der Waals surface area contributed by atoms with Crippen molar-refractivity contribution in [1.29, 1.82) is 0 Å². The van der Waals surface area contributed by atoms with Crippen LogP contribution in [0.2, 0.25) is 0 Å². The Hall–Kier alpha value is -1.53. The van der Waals surface area contributed by atoms with Crippen molar-refractivity contribution >= 4 is 11.8 Å². The molecule has 2 aromatic rings. The van der Waals surface area contributed by atoms with E-state index in [9.17, 15) is 0 Å². The SMILES string of the molecule is COc1ccc2c(c1)C(N)C(Sc1nnc(C)n1C)C2. The molecule has 2 atom stereocenters. The average molecular weight is 290 g/mol. The molecule has 20 heavy (non-hydrogen) atoms. The molecule has 0 amide bonds. The van der Waals surface area contributed by atoms with Crippen molar-refractivity contribution < 1.29 is 4.74 Å². The molecule has 0 saturated heterocycles. The van der Waals surface area contributed by atoms with Gasteiger partial charge in [-0.2, -0.15) is 0 Å². The summed E-state index contributed by atoms with van der Waals surface area (Å²) in [6.45, 7) is 1.95. The minimum atomic E-state index is 0.00195. The number of aromatic nitrogens is 3. The molecule has 0 bridgehead atoms. The van der Waals surface area contributed by atoms with E-state index in [1.807, 2.05) is 30.7 Å². The molecular weight excluding hydrogens is 272 g/mol. The molecule has 1 aliphatic carbocycles. The molecule has 0 saturated carbocycles. The molecule has 0 aliphatic heterocycles. The topological polar surface area (TPSA) is 66.0 Å². The third-order valence-electron chi connectivity index (χ3n) is 3.84. The molecule has 1 heterocycles. The highest BCUT2D eigenvalue weighted by Gasteiger charge is 2.32. The number of rotatable bonds is 3. The van der Waals surface area contributed by atoms with Crippen molar-refractivity contribution in [2.24, 2.45) is 12.8 Å². The number of nitrogens with two attached hydrogens (primary N) is 1. The van der Waals surface area contributed by atoms with Crippen LogP contribution in [0.4, 0.5) is 0 Å². The van der Waals surface area contributed by atoms with Crippen LogP contribution in [0.1, 0.15) is 23.0 Å². The number of thioether (sulfide) groups is 1. The Labute approximate surface area is 122 Å². The summed E-state index contributed by atoms with van der Waals surface area (Å²) in [5.74, 6) is 1.78. The van der Waals surface area contributed by atoms with Gasteiger partial charge in [0.15, 0.2) is 5.16 Å². The molecule has 3 rings (SSSR count). The van der Waals surface area contributed by atoms with E-state index in [1.54, 1.807) is 18.9 Å². The second kappa shape index (κ2) is 5.10. The van der Waals surface area contributed by atoms with Gasteiger partial charge in [-0.1, -0.05) is 17.8 Å². The second-order valence-corrected chi connectivity index (χ2v) is 6.25. The zero-order chi connectivity index (χ0) is 14.3. The van der Waals surface area contributed by atoms with Gasteiger partial charge in [0.2, 0.25) is 0 Å². The molecule has 1 aliphatic rings. The quantitative estimate of drug-likeness (QED) is 0.934. The van der Waals surface area contributed by atoms with E-state index in [1.165, 1.54) is 11.1 Å². The van der Waals surface area contributed by atoms with Crippen LogP contribution in [0.5, 0.6) is 5.75 Å². The Morgan fingerprint density at radius 2 is 2.20 bits per heavy atom. The van der Waals surface area contributed by atoms with Gasteiger partial charge in [-0.05, 0) is 36.6 Å². The van der Waals surface area contributed by atoms with Crippen molar-refractivity contribution in [1.82, 2.24) is 14.8 Å². The highest BCUT2D eigenvalue weighted by molar-refractivity contribution is 7.99. The number of benzene rings is 1. The largest absolute Gasteiger partial charge is 0.497 e. The maximum atomic E-state index is 6.39. The van der Waals surface area contributed by atoms with Crippen molar-refractivity contribution in [2.75, 3.05) is 7.11 Å². The van der Waals surface area contributed by atoms with E-state index < -0.39 is 0 Å². The summed E-state index contributed by atoms with van der Waals surface area (Å²) in [5.41, 5.74) is 8.87. The van der Waals surface area contributed by atoms with Crippen molar-refractivity contribution in [2.45, 2.75) is 29.8 Å². The maximum Gasteiger partial charge on any atom is 0.191 e. The fraction of sp³-hybridized carbons (Fsp3) is 0.429. The number of aryl methyl sites for hydroxylation is 1. The lowest BCUT2D eigenvalue weighted by molar-refractivity contribution is 0.414. The third kappa shape index (κ3) is 2.19. The Morgan fingerprint density at radius 3 is 2.85 bits per heavy atom. The molecule has 6 heteroatoms. The van der Waals surface area contributed by atoms with Crippen LogP contribution >= 0.6 is 11.8 Å². The Balaban J connectivity index is 1.83. The molecular formula is C14H18N4OS. The Kier molecular flexibility index (Phi) is 3.43. The molecule has 0 radical (unpaired) electrons. The molecule has 1 aromatic carbocycles. The molecule has 0 spiro atoms. The number of fused-ring (bicyclic) bond motifs is 1. The lowest BCUT2D eigenvalue weighted by Gasteiger charge is -2.15. The highest BCUT2D eigenvalue weighted by atomic mass is 32.2. The van der Waals surface area contributed by atoms with Gasteiger partial charge >= 0.3 is 0 Å². The average Bonchev–Trinajstić information content (AvgIpc) is 2.94. The van der Waals surface area contributed by atoms with Gasteiger partial charge in [-0.3, -0.25) is 0 Å². The summed E-state index contributed by atoms with van der Waals surface area (Å²) in [6, 6.07) is 6.14. The fourth-order valence-electron chi connectivity index (χ4n) is 2.48. The van der Waals surface area contributed by atoms with Gasteiger partial charge in [-0.15, -0.1) is 10.2 Å². The van der Waals surface area contributed by atoms with E-state index in [0.29, 0.717) is 5.25 Å². The monoisotopic (exact) mass is 290 g/mol. The number of ether oxygens (including phenoxy) is 1. The van der Waals surface area contributed by atoms with Gasteiger partial charge in [0.25, 0.3) is 0 Å². The highest BCUT2D eigenvalue weighted by Crippen LogP contribution is 2.40. The van der Waals surface area contributed by atoms with E-state index in [4.69, 9.17) is 10.5 Å². The first-order valence-electron chi connectivity index (χ1n) is 6.55. The second-order valence-electron chi connectivity index (χ2n) is 5.04. The van der Waals surface area contributed by atoms with E-state index in [-0.39, 0.29) is 6.04 Å². The Bertz CT molecular complexity index is 640. The lowest BCUT2D eigenvalue weighted by atomic mass is 10.1. The number of hydrogen-bond acceptors (Lipinski definition) is 5. The predicted octanol–water partition coefficient (Wildman–Crippen LogP) is 1.85. The molecule has 0 fully saturated rings. The van der Waals surface area contributed by atoms with E-state index in [0.717, 1.165) is 23.2 Å². The summed E-state index contributed by atoms with van der Waals surface area (Å²) < 4.78 is 7.28. The summed E-state index contributed by atoms with van der Waals surface area (Å²) >= 11 is 1.70. The molecule has 106 valence electrons. The fourth-order valence-corrected chi connectivity index (χ4v) is 3.69. The number of hydrogen-bond donors (Lipinski definition) is 1. The van der Waals surface area contributed by atoms with Crippen LogP contribution in [0, 0.1) is 6.92 Å². The molecule has 1 aromatic heterocycles. The Morgan fingerprint density at radius 1 is 1.40 bits per heavy atom. The zero-order valence-electron chi connectivity index (χ0n) is 11.8. The van der Waals surface area contributed by atoms with Gasteiger partial charge < -0.3 is 15.0 Å². The van der Waals surface area contributed by atoms with Crippen molar-refractivity contribution in [3.63, 3.8) is 0 Å². The van der Waals surface area contributed by atoms with Crippen LogP contribution in [-0.2, 0) is 13.5 Å². The minimum Gasteiger partial charge on any atom is -0.497 e. The summed E-state index contributed by atoms with van der Waals surface area (Å²) in [4.78, 5) is 0. The van der Waals surface area contributed by atoms with Crippen LogP contribution < -0.4 is 10.5 Å². The van der Waals surface area contributed by atoms with Gasteiger partial charge in [0.05, 0.1) is 7.11 Å². The minimum absolute atomic E-state index is 0.00195. The first kappa shape index (κ1) is 13.5. The van der Waals surface area contributed by atoms with Gasteiger partial charge in [-0.25, -0.2) is 0 Å². The summed E-state index contributed by atoms with van der Waals surface area (Å²) in [5, 5.41) is 9.51. The third-order valence-corrected chi connectivity index (χ3v) is 5.17. The first-order valence-corrected chi connectivity index (χ1v) is 7.43. The zero-order valence-corrected chi connectivity index (χ0v) is 12.6. The van der Waals surface area contributed by atoms with E-state index >= 15 is 0 Å². The smallest absolute Gasteiger partial charge is 0.191 e. The molecule has 2 unspecified atom stereocenters. The van der Waals surface area contributed by atoms with Crippen LogP contribution in [0.25, 0.3) is 0 Å². The van der Waals surface area contributed by atoms with Gasteiger partial charge in [0.1, 0.15) is 11.6 Å². The van der Waals surface area contributed by atoms with Crippen LogP contribution in [0.3, 0.4) is 0 Å². The number of methoxy groups -OCH3 is 1. The summed E-state index contributed by atoms with van der Waals surface area (Å²) in [7, 11) is 3.66. The molecule has 2 N–H and O–H groups in total. The van der Waals surface area contributed by atoms with Crippen molar-refractivity contribution in [3.05, 3.63) is 35.2 Å². The number of nitrogens with zero attached hydrogens (tertiary/aromatic N) is 3. The normalized spacial score (nSPS) is 21.0. The standard InChI is InChI=1S/C14H18N4OS/c1-8-16-17-14(18(8)2)20-12-6-9-4-5-10(19-3)7-11(9)13(12)15/h4-5,7,12-13H,6,15H2,1-3H3. The van der Waals surface area contributed by atoms with Gasteiger partial charge in [0, 0.05) is 18.3 Å². The van der Waals surface area contributed by atoms with Crippen LogP contribution in [0.15, 0.2) is 23.4 Å². The molecule has 5 nitrogen and oxygen atoms in total. The first-order chi connectivity index (χ1) is 9.60. The maximum absolute atomic E-state index is 6.39. The predicted molar refractivity (Wildman–Crippen MR) is 79.0 cm³/mol. The van der Waals surface area contributed by atoms with Crippen molar-refractivity contribution in [3.8, 4) is 5.75 Å². The lowest BCUT2D eigenvalue weighted by Crippen LogP contribution is -2.19. The summed E-state index contributed by atoms with van der Waals surface area (Å²) in [6.07, 6.45) is 0.955.